The van der Waals surface area contributed by atoms with Gasteiger partial charge < -0.3 is 15.4 Å². The van der Waals surface area contributed by atoms with Crippen molar-refractivity contribution in [2.24, 2.45) is 5.41 Å². The van der Waals surface area contributed by atoms with Crippen LogP contribution >= 0.6 is 0 Å². The second-order valence-corrected chi connectivity index (χ2v) is 6.67. The summed E-state index contributed by atoms with van der Waals surface area (Å²) in [6, 6.07) is 0. The van der Waals surface area contributed by atoms with E-state index in [1.807, 2.05) is 0 Å². The summed E-state index contributed by atoms with van der Waals surface area (Å²) in [7, 11) is 0. The van der Waals surface area contributed by atoms with Crippen LogP contribution in [0.25, 0.3) is 0 Å². The Balaban J connectivity index is 1.69. The van der Waals surface area contributed by atoms with Crippen molar-refractivity contribution < 1.29 is 9.53 Å². The van der Waals surface area contributed by atoms with E-state index in [4.69, 9.17) is 4.74 Å². The lowest BCUT2D eigenvalue weighted by Gasteiger charge is -2.36. The first-order valence-corrected chi connectivity index (χ1v) is 8.87. The van der Waals surface area contributed by atoms with E-state index in [1.54, 1.807) is 0 Å². The number of hydrogen-bond acceptors (Lipinski definition) is 3. The Morgan fingerprint density at radius 2 is 1.95 bits per heavy atom. The lowest BCUT2D eigenvalue weighted by atomic mass is 9.74. The summed E-state index contributed by atoms with van der Waals surface area (Å²) >= 11 is 0. The Kier molecular flexibility index (Phi) is 6.97. The third kappa shape index (κ3) is 4.96. The van der Waals surface area contributed by atoms with E-state index in [2.05, 4.69) is 17.6 Å². The van der Waals surface area contributed by atoms with Crippen LogP contribution in [0.15, 0.2) is 0 Å². The normalized spacial score (nSPS) is 22.9. The molecule has 2 rings (SSSR count). The van der Waals surface area contributed by atoms with Gasteiger partial charge in [0.15, 0.2) is 0 Å². The highest BCUT2D eigenvalue weighted by Crippen LogP contribution is 2.34. The number of hydrogen-bond donors (Lipinski definition) is 2. The first kappa shape index (κ1) is 16.8. The number of rotatable bonds is 7. The van der Waals surface area contributed by atoms with Gasteiger partial charge in [-0.1, -0.05) is 32.6 Å². The lowest BCUT2D eigenvalue weighted by Crippen LogP contribution is -2.48. The van der Waals surface area contributed by atoms with Crippen LogP contribution in [0, 0.1) is 5.41 Å². The quantitative estimate of drug-likeness (QED) is 0.710. The second-order valence-electron chi connectivity index (χ2n) is 6.67. The fraction of sp³-hybridized carbons (Fsp3) is 0.941. The summed E-state index contributed by atoms with van der Waals surface area (Å²) in [4.78, 5) is 12.6. The maximum Gasteiger partial charge on any atom is 0.226 e. The summed E-state index contributed by atoms with van der Waals surface area (Å²) < 4.78 is 5.89. The summed E-state index contributed by atoms with van der Waals surface area (Å²) in [6.07, 6.45) is 10.8. The number of piperidine rings is 1. The predicted octanol–water partition coefficient (Wildman–Crippen LogP) is 2.62. The minimum absolute atomic E-state index is 0.134. The molecule has 0 aromatic rings. The zero-order valence-electron chi connectivity index (χ0n) is 13.6. The molecule has 2 aliphatic rings. The molecular formula is C17H32N2O2. The van der Waals surface area contributed by atoms with Gasteiger partial charge in [-0.05, 0) is 45.2 Å². The van der Waals surface area contributed by atoms with Crippen molar-refractivity contribution in [1.29, 1.82) is 0 Å². The van der Waals surface area contributed by atoms with Gasteiger partial charge in [-0.2, -0.15) is 0 Å². The molecule has 2 N–H and O–H groups in total. The molecule has 1 saturated heterocycles. The minimum atomic E-state index is -0.134. The molecule has 0 aromatic carbocycles. The molecule has 0 spiro atoms. The van der Waals surface area contributed by atoms with Crippen molar-refractivity contribution in [2.75, 3.05) is 26.2 Å². The standard InChI is InChI=1S/C17H32N2O2/c1-2-8-17(9-11-18-12-10-17)16(20)19-13-14-21-15-6-4-3-5-7-15/h15,18H,2-14H2,1H3,(H,19,20). The van der Waals surface area contributed by atoms with Crippen molar-refractivity contribution in [3.63, 3.8) is 0 Å². The molecule has 0 aromatic heterocycles. The minimum Gasteiger partial charge on any atom is -0.376 e. The van der Waals surface area contributed by atoms with Gasteiger partial charge in [-0.3, -0.25) is 4.79 Å². The van der Waals surface area contributed by atoms with E-state index in [0.717, 1.165) is 38.8 Å². The highest BCUT2D eigenvalue weighted by atomic mass is 16.5. The van der Waals surface area contributed by atoms with E-state index >= 15 is 0 Å². The van der Waals surface area contributed by atoms with E-state index in [1.165, 1.54) is 32.1 Å². The van der Waals surface area contributed by atoms with Gasteiger partial charge in [-0.25, -0.2) is 0 Å². The monoisotopic (exact) mass is 296 g/mol. The van der Waals surface area contributed by atoms with Crippen LogP contribution in [0.4, 0.5) is 0 Å². The largest absolute Gasteiger partial charge is 0.376 e. The third-order valence-corrected chi connectivity index (χ3v) is 5.06. The molecular weight excluding hydrogens is 264 g/mol. The third-order valence-electron chi connectivity index (χ3n) is 5.06. The maximum absolute atomic E-state index is 12.6. The number of carbonyl (C=O) groups excluding carboxylic acids is 1. The van der Waals surface area contributed by atoms with Crippen molar-refractivity contribution in [1.82, 2.24) is 10.6 Å². The molecule has 21 heavy (non-hydrogen) atoms. The number of amides is 1. The van der Waals surface area contributed by atoms with Crippen LogP contribution in [0.3, 0.4) is 0 Å². The van der Waals surface area contributed by atoms with Crippen molar-refractivity contribution in [3.05, 3.63) is 0 Å². The van der Waals surface area contributed by atoms with Gasteiger partial charge in [0, 0.05) is 6.54 Å². The van der Waals surface area contributed by atoms with Crippen LogP contribution in [0.5, 0.6) is 0 Å². The molecule has 0 atom stereocenters. The average molecular weight is 296 g/mol. The Labute approximate surface area is 129 Å². The zero-order valence-corrected chi connectivity index (χ0v) is 13.6. The summed E-state index contributed by atoms with van der Waals surface area (Å²) in [5.41, 5.74) is -0.134. The molecule has 1 aliphatic heterocycles. The Morgan fingerprint density at radius 1 is 1.24 bits per heavy atom. The molecule has 1 amide bonds. The van der Waals surface area contributed by atoms with Crippen LogP contribution in [0.1, 0.15) is 64.7 Å². The first-order valence-electron chi connectivity index (χ1n) is 8.87. The maximum atomic E-state index is 12.6. The highest BCUT2D eigenvalue weighted by Gasteiger charge is 2.38. The molecule has 4 nitrogen and oxygen atoms in total. The zero-order chi connectivity index (χ0) is 15.0. The molecule has 4 heteroatoms. The molecule has 0 unspecified atom stereocenters. The fourth-order valence-electron chi connectivity index (χ4n) is 3.78. The predicted molar refractivity (Wildman–Crippen MR) is 85.3 cm³/mol. The van der Waals surface area contributed by atoms with Gasteiger partial charge >= 0.3 is 0 Å². The van der Waals surface area contributed by atoms with Gasteiger partial charge in [0.05, 0.1) is 18.1 Å². The lowest BCUT2D eigenvalue weighted by molar-refractivity contribution is -0.133. The second kappa shape index (κ2) is 8.74. The van der Waals surface area contributed by atoms with Gasteiger partial charge in [0.2, 0.25) is 5.91 Å². The van der Waals surface area contributed by atoms with Crippen LogP contribution in [-0.2, 0) is 9.53 Å². The SMILES string of the molecule is CCCC1(C(=O)NCCOC2CCCCC2)CCNCC1. The molecule has 1 aliphatic carbocycles. The van der Waals surface area contributed by atoms with Crippen LogP contribution in [-0.4, -0.2) is 38.3 Å². The highest BCUT2D eigenvalue weighted by molar-refractivity contribution is 5.82. The fourth-order valence-corrected chi connectivity index (χ4v) is 3.78. The van der Waals surface area contributed by atoms with E-state index in [0.29, 0.717) is 19.3 Å². The summed E-state index contributed by atoms with van der Waals surface area (Å²) in [5.74, 6) is 0.248. The smallest absolute Gasteiger partial charge is 0.226 e. The van der Waals surface area contributed by atoms with Gasteiger partial charge in [0.25, 0.3) is 0 Å². The average Bonchev–Trinajstić information content (AvgIpc) is 2.53. The van der Waals surface area contributed by atoms with Crippen molar-refractivity contribution >= 4 is 5.91 Å². The molecule has 0 radical (unpaired) electrons. The van der Waals surface area contributed by atoms with Crippen LogP contribution < -0.4 is 10.6 Å². The molecule has 122 valence electrons. The van der Waals surface area contributed by atoms with Crippen molar-refractivity contribution in [3.8, 4) is 0 Å². The van der Waals surface area contributed by atoms with E-state index in [-0.39, 0.29) is 11.3 Å². The first-order chi connectivity index (χ1) is 10.3. The van der Waals surface area contributed by atoms with Crippen molar-refractivity contribution in [2.45, 2.75) is 70.8 Å². The molecule has 1 saturated carbocycles. The van der Waals surface area contributed by atoms with E-state index < -0.39 is 0 Å². The summed E-state index contributed by atoms with van der Waals surface area (Å²) in [5, 5.41) is 6.48. The Bertz CT molecular complexity index is 302. The van der Waals surface area contributed by atoms with Crippen LogP contribution in [0.2, 0.25) is 0 Å². The van der Waals surface area contributed by atoms with E-state index in [9.17, 15) is 4.79 Å². The Morgan fingerprint density at radius 3 is 2.62 bits per heavy atom. The van der Waals surface area contributed by atoms with Gasteiger partial charge in [-0.15, -0.1) is 0 Å². The Hall–Kier alpha value is -0.610. The molecule has 1 heterocycles. The summed E-state index contributed by atoms with van der Waals surface area (Å²) in [6.45, 7) is 5.42. The number of ether oxygens (including phenoxy) is 1. The molecule has 0 bridgehead atoms. The number of nitrogens with one attached hydrogen (secondary N) is 2. The topological polar surface area (TPSA) is 50.4 Å². The number of carbonyl (C=O) groups is 1. The van der Waals surface area contributed by atoms with Gasteiger partial charge in [0.1, 0.15) is 0 Å². The molecule has 2 fully saturated rings.